The Morgan fingerprint density at radius 1 is 1.62 bits per heavy atom. The SMILES string of the molecule is CC(CN)NC(=O)c1cnn2ccncc12. The van der Waals surface area contributed by atoms with E-state index in [1.54, 1.807) is 23.1 Å². The highest BCUT2D eigenvalue weighted by atomic mass is 16.1. The van der Waals surface area contributed by atoms with Gasteiger partial charge in [0.05, 0.1) is 23.5 Å². The highest BCUT2D eigenvalue weighted by Crippen LogP contribution is 2.08. The smallest absolute Gasteiger partial charge is 0.255 e. The van der Waals surface area contributed by atoms with E-state index in [2.05, 4.69) is 15.4 Å². The van der Waals surface area contributed by atoms with E-state index in [-0.39, 0.29) is 11.9 Å². The van der Waals surface area contributed by atoms with Crippen molar-refractivity contribution in [2.45, 2.75) is 13.0 Å². The largest absolute Gasteiger partial charge is 0.348 e. The molecule has 0 bridgehead atoms. The molecule has 0 spiro atoms. The molecule has 2 rings (SSSR count). The van der Waals surface area contributed by atoms with Gasteiger partial charge in [-0.05, 0) is 6.92 Å². The van der Waals surface area contributed by atoms with E-state index in [9.17, 15) is 4.79 Å². The first-order chi connectivity index (χ1) is 7.72. The van der Waals surface area contributed by atoms with E-state index < -0.39 is 0 Å². The van der Waals surface area contributed by atoms with Crippen LogP contribution in [0, 0.1) is 0 Å². The number of aromatic nitrogens is 3. The van der Waals surface area contributed by atoms with Gasteiger partial charge in [0.2, 0.25) is 0 Å². The lowest BCUT2D eigenvalue weighted by molar-refractivity contribution is 0.0943. The van der Waals surface area contributed by atoms with Crippen molar-refractivity contribution >= 4 is 11.4 Å². The summed E-state index contributed by atoms with van der Waals surface area (Å²) in [5.74, 6) is -0.180. The van der Waals surface area contributed by atoms with Crippen LogP contribution in [0.1, 0.15) is 17.3 Å². The van der Waals surface area contributed by atoms with Crippen molar-refractivity contribution < 1.29 is 4.79 Å². The first-order valence-electron chi connectivity index (χ1n) is 5.00. The van der Waals surface area contributed by atoms with Gasteiger partial charge >= 0.3 is 0 Å². The number of carbonyl (C=O) groups excluding carboxylic acids is 1. The number of amides is 1. The maximum Gasteiger partial charge on any atom is 0.255 e. The van der Waals surface area contributed by atoms with Crippen LogP contribution in [0.3, 0.4) is 0 Å². The Labute approximate surface area is 92.5 Å². The minimum atomic E-state index is -0.180. The molecule has 1 atom stereocenters. The molecule has 0 radical (unpaired) electrons. The van der Waals surface area contributed by atoms with E-state index in [0.29, 0.717) is 17.6 Å². The lowest BCUT2D eigenvalue weighted by Crippen LogP contribution is -2.37. The van der Waals surface area contributed by atoms with Gasteiger partial charge in [0.1, 0.15) is 0 Å². The summed E-state index contributed by atoms with van der Waals surface area (Å²) in [7, 11) is 0. The molecular formula is C10H13N5O. The maximum atomic E-state index is 11.8. The standard InChI is InChI=1S/C10H13N5O/c1-7(4-11)14-10(16)8-5-13-15-3-2-12-6-9(8)15/h2-3,5-7H,4,11H2,1H3,(H,14,16). The summed E-state index contributed by atoms with van der Waals surface area (Å²) in [4.78, 5) is 15.8. The van der Waals surface area contributed by atoms with Gasteiger partial charge in [0, 0.05) is 25.0 Å². The van der Waals surface area contributed by atoms with Gasteiger partial charge in [-0.2, -0.15) is 5.10 Å². The first-order valence-corrected chi connectivity index (χ1v) is 5.00. The minimum Gasteiger partial charge on any atom is -0.348 e. The minimum absolute atomic E-state index is 0.0564. The summed E-state index contributed by atoms with van der Waals surface area (Å²) >= 11 is 0. The fourth-order valence-corrected chi connectivity index (χ4v) is 1.37. The second-order valence-electron chi connectivity index (χ2n) is 3.57. The Morgan fingerprint density at radius 3 is 3.19 bits per heavy atom. The van der Waals surface area contributed by atoms with Crippen LogP contribution >= 0.6 is 0 Å². The molecule has 0 aliphatic carbocycles. The second kappa shape index (κ2) is 4.28. The van der Waals surface area contributed by atoms with E-state index in [1.807, 2.05) is 6.92 Å². The number of nitrogens with zero attached hydrogens (tertiary/aromatic N) is 3. The highest BCUT2D eigenvalue weighted by Gasteiger charge is 2.13. The lowest BCUT2D eigenvalue weighted by Gasteiger charge is -2.09. The van der Waals surface area contributed by atoms with Crippen molar-refractivity contribution in [2.24, 2.45) is 5.73 Å². The van der Waals surface area contributed by atoms with Gasteiger partial charge in [-0.3, -0.25) is 9.78 Å². The third kappa shape index (κ3) is 1.87. The van der Waals surface area contributed by atoms with Gasteiger partial charge in [-0.25, -0.2) is 4.52 Å². The first kappa shape index (κ1) is 10.6. The zero-order valence-corrected chi connectivity index (χ0v) is 8.92. The topological polar surface area (TPSA) is 85.3 Å². The molecule has 6 heteroatoms. The molecule has 1 unspecified atom stereocenters. The maximum absolute atomic E-state index is 11.8. The third-order valence-electron chi connectivity index (χ3n) is 2.30. The Balaban J connectivity index is 2.30. The molecule has 0 aliphatic rings. The van der Waals surface area contributed by atoms with Crippen LogP contribution in [0.2, 0.25) is 0 Å². The highest BCUT2D eigenvalue weighted by molar-refractivity contribution is 6.00. The normalized spacial score (nSPS) is 12.6. The predicted octanol–water partition coefficient (Wildman–Crippen LogP) is -0.194. The van der Waals surface area contributed by atoms with Crippen molar-refractivity contribution in [1.29, 1.82) is 0 Å². The molecule has 0 saturated carbocycles. The van der Waals surface area contributed by atoms with Crippen molar-refractivity contribution in [3.05, 3.63) is 30.4 Å². The molecule has 0 aromatic carbocycles. The summed E-state index contributed by atoms with van der Waals surface area (Å²) in [6.07, 6.45) is 6.44. The molecular weight excluding hydrogens is 206 g/mol. The number of nitrogens with one attached hydrogen (secondary N) is 1. The second-order valence-corrected chi connectivity index (χ2v) is 3.57. The van der Waals surface area contributed by atoms with E-state index in [0.717, 1.165) is 0 Å². The Bertz CT molecular complexity index is 507. The Morgan fingerprint density at radius 2 is 2.44 bits per heavy atom. The molecule has 0 saturated heterocycles. The molecule has 16 heavy (non-hydrogen) atoms. The van der Waals surface area contributed by atoms with Gasteiger partial charge in [-0.1, -0.05) is 0 Å². The van der Waals surface area contributed by atoms with Gasteiger partial charge in [0.25, 0.3) is 5.91 Å². The van der Waals surface area contributed by atoms with Crippen LogP contribution in [0.5, 0.6) is 0 Å². The quantitative estimate of drug-likeness (QED) is 0.749. The molecule has 2 aromatic heterocycles. The molecule has 1 amide bonds. The van der Waals surface area contributed by atoms with Crippen LogP contribution in [0.15, 0.2) is 24.8 Å². The third-order valence-corrected chi connectivity index (χ3v) is 2.30. The van der Waals surface area contributed by atoms with Crippen molar-refractivity contribution in [1.82, 2.24) is 19.9 Å². The molecule has 2 aromatic rings. The monoisotopic (exact) mass is 219 g/mol. The van der Waals surface area contributed by atoms with Crippen LogP contribution in [0.4, 0.5) is 0 Å². The summed E-state index contributed by atoms with van der Waals surface area (Å²) in [6, 6.07) is -0.0564. The molecule has 3 N–H and O–H groups in total. The summed E-state index contributed by atoms with van der Waals surface area (Å²) < 4.78 is 1.61. The van der Waals surface area contributed by atoms with Gasteiger partial charge in [-0.15, -0.1) is 0 Å². The van der Waals surface area contributed by atoms with Crippen LogP contribution in [0.25, 0.3) is 5.52 Å². The van der Waals surface area contributed by atoms with Crippen LogP contribution in [-0.4, -0.2) is 33.1 Å². The van der Waals surface area contributed by atoms with Crippen molar-refractivity contribution in [3.8, 4) is 0 Å². The molecule has 0 aliphatic heterocycles. The average Bonchev–Trinajstić information content (AvgIpc) is 2.72. The van der Waals surface area contributed by atoms with Crippen LogP contribution < -0.4 is 11.1 Å². The number of fused-ring (bicyclic) bond motifs is 1. The number of hydrogen-bond donors (Lipinski definition) is 2. The number of rotatable bonds is 3. The van der Waals surface area contributed by atoms with Gasteiger partial charge in [0.15, 0.2) is 0 Å². The summed E-state index contributed by atoms with van der Waals surface area (Å²) in [6.45, 7) is 2.26. The fraction of sp³-hybridized carbons (Fsp3) is 0.300. The molecule has 2 heterocycles. The van der Waals surface area contributed by atoms with Crippen molar-refractivity contribution in [2.75, 3.05) is 6.54 Å². The Hall–Kier alpha value is -1.95. The number of nitrogens with two attached hydrogens (primary N) is 1. The molecule has 6 nitrogen and oxygen atoms in total. The lowest BCUT2D eigenvalue weighted by atomic mass is 10.2. The fourth-order valence-electron chi connectivity index (χ4n) is 1.37. The zero-order valence-electron chi connectivity index (χ0n) is 8.92. The van der Waals surface area contributed by atoms with E-state index in [4.69, 9.17) is 5.73 Å². The number of hydrogen-bond acceptors (Lipinski definition) is 4. The van der Waals surface area contributed by atoms with E-state index in [1.165, 1.54) is 6.20 Å². The van der Waals surface area contributed by atoms with Crippen molar-refractivity contribution in [3.63, 3.8) is 0 Å². The average molecular weight is 219 g/mol. The zero-order chi connectivity index (χ0) is 11.5. The van der Waals surface area contributed by atoms with Gasteiger partial charge < -0.3 is 11.1 Å². The molecule has 0 fully saturated rings. The summed E-state index contributed by atoms with van der Waals surface area (Å²) in [5.41, 5.74) is 6.63. The van der Waals surface area contributed by atoms with E-state index >= 15 is 0 Å². The predicted molar refractivity (Wildman–Crippen MR) is 59.0 cm³/mol. The molecule has 84 valence electrons. The van der Waals surface area contributed by atoms with Crippen LogP contribution in [-0.2, 0) is 0 Å². The Kier molecular flexibility index (Phi) is 2.82. The summed E-state index contributed by atoms with van der Waals surface area (Å²) in [5, 5.41) is 6.84. The number of carbonyl (C=O) groups is 1.